The first-order valence-corrected chi connectivity index (χ1v) is 12.3. The van der Waals surface area contributed by atoms with E-state index in [1.54, 1.807) is 0 Å². The lowest BCUT2D eigenvalue weighted by Crippen LogP contribution is -2.35. The lowest BCUT2D eigenvalue weighted by molar-refractivity contribution is 0.265. The smallest absolute Gasteiger partial charge is 0.227 e. The zero-order chi connectivity index (χ0) is 21.0. The summed E-state index contributed by atoms with van der Waals surface area (Å²) in [7, 11) is -1.08. The number of piperidine rings is 1. The number of hydrogen-bond donors (Lipinski definition) is 2. The van der Waals surface area contributed by atoms with Crippen molar-refractivity contribution in [3.05, 3.63) is 35.7 Å². The van der Waals surface area contributed by atoms with Gasteiger partial charge >= 0.3 is 0 Å². The first kappa shape index (κ1) is 19.2. The van der Waals surface area contributed by atoms with E-state index in [0.29, 0.717) is 29.9 Å². The number of benzene rings is 1. The van der Waals surface area contributed by atoms with E-state index in [1.807, 2.05) is 18.2 Å². The minimum atomic E-state index is -1.08. The van der Waals surface area contributed by atoms with Crippen molar-refractivity contribution in [2.24, 2.45) is 0 Å². The second kappa shape index (κ2) is 7.27. The average Bonchev–Trinajstić information content (AvgIpc) is 3.28. The van der Waals surface area contributed by atoms with Crippen molar-refractivity contribution in [1.29, 1.82) is 0 Å². The Morgan fingerprint density at radius 3 is 2.81 bits per heavy atom. The molecule has 2 aliphatic heterocycles. The molecule has 2 fully saturated rings. The summed E-state index contributed by atoms with van der Waals surface area (Å²) in [6, 6.07) is 8.02. The molecule has 0 radical (unpaired) electrons. The van der Waals surface area contributed by atoms with Gasteiger partial charge in [0.1, 0.15) is 10.7 Å². The highest BCUT2D eigenvalue weighted by Crippen LogP contribution is 2.41. The predicted octanol–water partition coefficient (Wildman–Crippen LogP) is 2.60. The summed E-state index contributed by atoms with van der Waals surface area (Å²) in [6.07, 6.45) is 4.42. The van der Waals surface area contributed by atoms with E-state index in [-0.39, 0.29) is 12.1 Å². The van der Waals surface area contributed by atoms with Crippen molar-refractivity contribution in [1.82, 2.24) is 15.1 Å². The van der Waals surface area contributed by atoms with Crippen LogP contribution in [0.3, 0.4) is 0 Å². The number of para-hydroxylation sites is 1. The van der Waals surface area contributed by atoms with Gasteiger partial charge in [-0.05, 0) is 37.8 Å². The molecule has 3 aromatic rings. The molecule has 2 N–H and O–H groups in total. The van der Waals surface area contributed by atoms with Gasteiger partial charge < -0.3 is 19.8 Å². The van der Waals surface area contributed by atoms with Crippen LogP contribution in [0.1, 0.15) is 43.0 Å². The van der Waals surface area contributed by atoms with Crippen LogP contribution >= 0.6 is 0 Å². The summed E-state index contributed by atoms with van der Waals surface area (Å²) < 4.78 is 18.1. The van der Waals surface area contributed by atoms with Gasteiger partial charge in [-0.3, -0.25) is 4.21 Å². The molecule has 1 saturated carbocycles. The van der Waals surface area contributed by atoms with Crippen molar-refractivity contribution in [2.45, 2.75) is 48.5 Å². The number of hydrogen-bond acceptors (Lipinski definition) is 8. The summed E-state index contributed by atoms with van der Waals surface area (Å²) in [5, 5.41) is 18.6. The van der Waals surface area contributed by atoms with E-state index in [0.717, 1.165) is 66.0 Å². The van der Waals surface area contributed by atoms with Crippen LogP contribution in [0.15, 0.2) is 33.7 Å². The van der Waals surface area contributed by atoms with E-state index in [1.165, 1.54) is 0 Å². The van der Waals surface area contributed by atoms with Crippen LogP contribution in [0.2, 0.25) is 0 Å². The molecule has 0 bridgehead atoms. The number of rotatable bonds is 5. The Bertz CT molecular complexity index is 1170. The maximum Gasteiger partial charge on any atom is 0.227 e. The number of fused-ring (bicyclic) bond motifs is 2. The lowest BCUT2D eigenvalue weighted by Gasteiger charge is -2.32. The molecule has 4 heterocycles. The molecule has 1 aliphatic carbocycles. The molecule has 162 valence electrons. The monoisotopic (exact) mass is 439 g/mol. The second-order valence-electron chi connectivity index (χ2n) is 8.84. The number of aryl methyl sites for hydroxylation is 1. The maximum atomic E-state index is 12.5. The Balaban J connectivity index is 1.25. The maximum absolute atomic E-state index is 12.5. The first-order valence-electron chi connectivity index (χ1n) is 10.9. The van der Waals surface area contributed by atoms with Crippen molar-refractivity contribution >= 4 is 33.5 Å². The Morgan fingerprint density at radius 2 is 2.03 bits per heavy atom. The Kier molecular flexibility index (Phi) is 4.50. The van der Waals surface area contributed by atoms with E-state index < -0.39 is 10.8 Å². The molecule has 31 heavy (non-hydrogen) atoms. The van der Waals surface area contributed by atoms with Gasteiger partial charge in [0.05, 0.1) is 34.3 Å². The molecule has 1 atom stereocenters. The van der Waals surface area contributed by atoms with Crippen LogP contribution in [-0.4, -0.2) is 55.4 Å². The van der Waals surface area contributed by atoms with Crippen molar-refractivity contribution in [3.63, 3.8) is 0 Å². The largest absolute Gasteiger partial charge is 0.394 e. The van der Waals surface area contributed by atoms with E-state index in [4.69, 9.17) is 14.5 Å². The standard InChI is InChI=1S/C22H25N5O3S/c28-13-22(8-9-22)25-20-19-16(7-12-31(19)29)23-21(24-20)27-10-5-14(6-11-27)18-15-3-1-2-4-17(15)30-26-18/h1-4,14,28H,5-13H2,(H,23,24,25). The van der Waals surface area contributed by atoms with Gasteiger partial charge in [0.25, 0.3) is 0 Å². The zero-order valence-electron chi connectivity index (χ0n) is 17.2. The molecule has 1 saturated heterocycles. The molecular formula is C22H25N5O3S. The topological polar surface area (TPSA) is 104 Å². The molecule has 1 aromatic carbocycles. The number of aliphatic hydroxyl groups excluding tert-OH is 1. The minimum Gasteiger partial charge on any atom is -0.394 e. The van der Waals surface area contributed by atoms with Gasteiger partial charge in [-0.25, -0.2) is 4.98 Å². The van der Waals surface area contributed by atoms with Crippen LogP contribution in [0, 0.1) is 0 Å². The van der Waals surface area contributed by atoms with Crippen LogP contribution in [0.25, 0.3) is 11.0 Å². The quantitative estimate of drug-likeness (QED) is 0.625. The fraction of sp³-hybridized carbons (Fsp3) is 0.500. The molecule has 9 heteroatoms. The van der Waals surface area contributed by atoms with Crippen LogP contribution in [-0.2, 0) is 17.2 Å². The zero-order valence-corrected chi connectivity index (χ0v) is 18.0. The van der Waals surface area contributed by atoms with E-state index in [9.17, 15) is 9.32 Å². The molecule has 1 unspecified atom stereocenters. The number of anilines is 2. The van der Waals surface area contributed by atoms with Gasteiger partial charge in [0, 0.05) is 36.6 Å². The van der Waals surface area contributed by atoms with Crippen LogP contribution < -0.4 is 10.2 Å². The fourth-order valence-electron chi connectivity index (χ4n) is 4.69. The van der Waals surface area contributed by atoms with Crippen molar-refractivity contribution < 1.29 is 13.8 Å². The Morgan fingerprint density at radius 1 is 1.23 bits per heavy atom. The minimum absolute atomic E-state index is 0.0603. The second-order valence-corrected chi connectivity index (χ2v) is 10.3. The van der Waals surface area contributed by atoms with Crippen LogP contribution in [0.5, 0.6) is 0 Å². The summed E-state index contributed by atoms with van der Waals surface area (Å²) in [6.45, 7) is 1.72. The van der Waals surface area contributed by atoms with Gasteiger partial charge in [-0.2, -0.15) is 4.98 Å². The molecule has 3 aliphatic rings. The number of nitrogens with zero attached hydrogens (tertiary/aromatic N) is 4. The average molecular weight is 440 g/mol. The predicted molar refractivity (Wildman–Crippen MR) is 118 cm³/mol. The van der Waals surface area contributed by atoms with E-state index >= 15 is 0 Å². The summed E-state index contributed by atoms with van der Waals surface area (Å²) in [5.41, 5.74) is 2.45. The van der Waals surface area contributed by atoms with Crippen molar-refractivity contribution in [2.75, 3.05) is 35.7 Å². The molecule has 6 rings (SSSR count). The molecule has 8 nitrogen and oxygen atoms in total. The van der Waals surface area contributed by atoms with Crippen molar-refractivity contribution in [3.8, 4) is 0 Å². The summed E-state index contributed by atoms with van der Waals surface area (Å²) >= 11 is 0. The van der Waals surface area contributed by atoms with Gasteiger partial charge in [0.15, 0.2) is 5.58 Å². The van der Waals surface area contributed by atoms with Gasteiger partial charge in [-0.15, -0.1) is 0 Å². The van der Waals surface area contributed by atoms with E-state index in [2.05, 4.69) is 21.4 Å². The highest BCUT2D eigenvalue weighted by Gasteiger charge is 2.44. The SMILES string of the molecule is O=S1CCc2nc(N3CCC(c4noc5ccccc45)CC3)nc(NC3(CO)CC3)c21. The lowest BCUT2D eigenvalue weighted by atomic mass is 9.92. The molecular weight excluding hydrogens is 414 g/mol. The highest BCUT2D eigenvalue weighted by atomic mass is 32.2. The number of aliphatic hydroxyl groups is 1. The molecule has 0 amide bonds. The summed E-state index contributed by atoms with van der Waals surface area (Å²) in [4.78, 5) is 12.5. The normalized spacial score (nSPS) is 22.6. The van der Waals surface area contributed by atoms with Crippen LogP contribution in [0.4, 0.5) is 11.8 Å². The Labute approximate surface area is 182 Å². The first-order chi connectivity index (χ1) is 15.2. The van der Waals surface area contributed by atoms with Gasteiger partial charge in [0.2, 0.25) is 5.95 Å². The third-order valence-electron chi connectivity index (χ3n) is 6.79. The summed E-state index contributed by atoms with van der Waals surface area (Å²) in [5.74, 6) is 2.28. The number of aromatic nitrogens is 3. The van der Waals surface area contributed by atoms with Gasteiger partial charge in [-0.1, -0.05) is 17.3 Å². The molecule has 0 spiro atoms. The number of nitrogens with one attached hydrogen (secondary N) is 1. The third-order valence-corrected chi connectivity index (χ3v) is 8.24. The molecule has 2 aromatic heterocycles. The third kappa shape index (κ3) is 3.30. The fourth-order valence-corrected chi connectivity index (χ4v) is 5.99. The Hall–Kier alpha value is -2.52. The highest BCUT2D eigenvalue weighted by molar-refractivity contribution is 7.85.